The average molecular weight is 206 g/mol. The lowest BCUT2D eigenvalue weighted by Gasteiger charge is -2.00. The van der Waals surface area contributed by atoms with E-state index >= 15 is 0 Å². The molecule has 0 aliphatic heterocycles. The Labute approximate surface area is 76.5 Å². The predicted octanol–water partition coefficient (Wildman–Crippen LogP) is 2.37. The van der Waals surface area contributed by atoms with Gasteiger partial charge in [0.25, 0.3) is 0 Å². The van der Waals surface area contributed by atoms with E-state index in [1.54, 1.807) is 0 Å². The van der Waals surface area contributed by atoms with Gasteiger partial charge < -0.3 is 10.1 Å². The van der Waals surface area contributed by atoms with E-state index < -0.39 is 28.7 Å². The van der Waals surface area contributed by atoms with Crippen LogP contribution in [0.1, 0.15) is 17.7 Å². The van der Waals surface area contributed by atoms with Gasteiger partial charge in [0.05, 0.1) is 0 Å². The van der Waals surface area contributed by atoms with Crippen LogP contribution in [0, 0.1) is 22.9 Å². The highest BCUT2D eigenvalue weighted by Gasteiger charge is 2.25. The molecule has 0 atom stereocenters. The average Bonchev–Trinajstić information content (AvgIpc) is 2.02. The molecule has 0 N–H and O–H groups in total. The van der Waals surface area contributed by atoms with Crippen molar-refractivity contribution in [3.8, 4) is 0 Å². The fraction of sp³-hybridized carbons (Fsp3) is 0.286. The van der Waals surface area contributed by atoms with Crippen LogP contribution in [0.3, 0.4) is 0 Å². The lowest BCUT2D eigenvalue weighted by molar-refractivity contribution is -0.392. The van der Waals surface area contributed by atoms with Gasteiger partial charge in [0, 0.05) is 5.56 Å². The summed E-state index contributed by atoms with van der Waals surface area (Å²) in [4.78, 5) is 12.0. The number of hydrogen-bond donors (Lipinski definition) is 0. The largest absolute Gasteiger partial charge is 0.400 e. The molecule has 0 amide bonds. The molecule has 0 aromatic carbocycles. The molecule has 0 unspecified atom stereocenters. The highest BCUT2D eigenvalue weighted by Crippen LogP contribution is 2.25. The SMILES string of the molecule is Cc1cc(F)c([N+](=O)[O-])nc1C(F)F. The number of aromatic nitrogens is 1. The quantitative estimate of drug-likeness (QED) is 0.551. The van der Waals surface area contributed by atoms with Crippen LogP contribution in [0.25, 0.3) is 0 Å². The summed E-state index contributed by atoms with van der Waals surface area (Å²) in [6.07, 6.45) is -2.95. The van der Waals surface area contributed by atoms with Gasteiger partial charge in [0.1, 0.15) is 0 Å². The molecule has 7 heteroatoms. The maximum Gasteiger partial charge on any atom is 0.400 e. The summed E-state index contributed by atoms with van der Waals surface area (Å²) >= 11 is 0. The molecule has 1 rings (SSSR count). The maximum absolute atomic E-state index is 12.8. The van der Waals surface area contributed by atoms with Crippen LogP contribution in [0.4, 0.5) is 19.0 Å². The molecule has 0 radical (unpaired) electrons. The first-order valence-corrected chi connectivity index (χ1v) is 3.53. The zero-order valence-corrected chi connectivity index (χ0v) is 7.00. The summed E-state index contributed by atoms with van der Waals surface area (Å²) in [6.45, 7) is 1.21. The van der Waals surface area contributed by atoms with Gasteiger partial charge >= 0.3 is 12.2 Å². The van der Waals surface area contributed by atoms with E-state index in [1.807, 2.05) is 0 Å². The lowest BCUT2D eigenvalue weighted by atomic mass is 10.2. The first-order chi connectivity index (χ1) is 6.43. The van der Waals surface area contributed by atoms with Gasteiger partial charge in [-0.2, -0.15) is 4.39 Å². The molecule has 0 aliphatic rings. The summed E-state index contributed by atoms with van der Waals surface area (Å²) in [5, 5.41) is 10.2. The Morgan fingerprint density at radius 3 is 2.57 bits per heavy atom. The van der Waals surface area contributed by atoms with E-state index in [0.29, 0.717) is 6.07 Å². The van der Waals surface area contributed by atoms with E-state index in [0.717, 1.165) is 0 Å². The van der Waals surface area contributed by atoms with Gasteiger partial charge in [-0.1, -0.05) is 0 Å². The molecule has 1 heterocycles. The predicted molar refractivity (Wildman–Crippen MR) is 40.5 cm³/mol. The highest BCUT2D eigenvalue weighted by molar-refractivity contribution is 5.30. The van der Waals surface area contributed by atoms with Crippen molar-refractivity contribution in [2.45, 2.75) is 13.3 Å². The molecule has 0 bridgehead atoms. The molecule has 1 aromatic heterocycles. The van der Waals surface area contributed by atoms with Crippen molar-refractivity contribution in [3.63, 3.8) is 0 Å². The van der Waals surface area contributed by atoms with Gasteiger partial charge in [0.15, 0.2) is 0 Å². The number of pyridine rings is 1. The number of rotatable bonds is 2. The molecule has 0 saturated heterocycles. The van der Waals surface area contributed by atoms with Gasteiger partial charge in [-0.25, -0.2) is 8.78 Å². The molecule has 1 aromatic rings. The minimum atomic E-state index is -2.95. The number of aryl methyl sites for hydroxylation is 1. The topological polar surface area (TPSA) is 56.0 Å². The summed E-state index contributed by atoms with van der Waals surface area (Å²) < 4.78 is 37.2. The van der Waals surface area contributed by atoms with Crippen LogP contribution in [0.15, 0.2) is 6.07 Å². The first kappa shape index (κ1) is 10.4. The normalized spacial score (nSPS) is 10.6. The Bertz CT molecular complexity index is 381. The monoisotopic (exact) mass is 206 g/mol. The Morgan fingerprint density at radius 1 is 1.57 bits per heavy atom. The van der Waals surface area contributed by atoms with Gasteiger partial charge in [-0.05, 0) is 22.9 Å². The number of halogens is 3. The summed E-state index contributed by atoms with van der Waals surface area (Å²) in [5.41, 5.74) is -0.874. The van der Waals surface area contributed by atoms with Gasteiger partial charge in [0.2, 0.25) is 11.5 Å². The molecule has 76 valence electrons. The van der Waals surface area contributed by atoms with Crippen molar-refractivity contribution in [2.75, 3.05) is 0 Å². The third kappa shape index (κ3) is 1.81. The molecule has 4 nitrogen and oxygen atoms in total. The van der Waals surface area contributed by atoms with E-state index in [-0.39, 0.29) is 5.56 Å². The van der Waals surface area contributed by atoms with Crippen molar-refractivity contribution in [1.82, 2.24) is 4.98 Å². The van der Waals surface area contributed by atoms with Crippen LogP contribution in [-0.2, 0) is 0 Å². The lowest BCUT2D eigenvalue weighted by Crippen LogP contribution is -2.02. The van der Waals surface area contributed by atoms with E-state index in [2.05, 4.69) is 4.98 Å². The number of alkyl halides is 2. The molecular weight excluding hydrogens is 201 g/mol. The summed E-state index contributed by atoms with van der Waals surface area (Å²) in [6, 6.07) is 0.673. The van der Waals surface area contributed by atoms with Crippen molar-refractivity contribution in [3.05, 3.63) is 33.3 Å². The minimum Gasteiger partial charge on any atom is -0.358 e. The van der Waals surface area contributed by atoms with Crippen molar-refractivity contribution in [1.29, 1.82) is 0 Å². The van der Waals surface area contributed by atoms with Crippen molar-refractivity contribution >= 4 is 5.82 Å². The fourth-order valence-corrected chi connectivity index (χ4v) is 0.933. The van der Waals surface area contributed by atoms with Crippen molar-refractivity contribution < 1.29 is 18.1 Å². The van der Waals surface area contributed by atoms with Crippen LogP contribution in [0.2, 0.25) is 0 Å². The second-order valence-electron chi connectivity index (χ2n) is 2.55. The minimum absolute atomic E-state index is 0.108. The summed E-state index contributed by atoms with van der Waals surface area (Å²) in [5.74, 6) is -2.39. The molecule has 0 spiro atoms. The summed E-state index contributed by atoms with van der Waals surface area (Å²) in [7, 11) is 0. The zero-order valence-electron chi connectivity index (χ0n) is 7.00. The van der Waals surface area contributed by atoms with E-state index in [9.17, 15) is 23.3 Å². The Hall–Kier alpha value is -1.66. The second-order valence-corrected chi connectivity index (χ2v) is 2.55. The fourth-order valence-electron chi connectivity index (χ4n) is 0.933. The number of hydrogen-bond acceptors (Lipinski definition) is 3. The van der Waals surface area contributed by atoms with Crippen LogP contribution in [0.5, 0.6) is 0 Å². The van der Waals surface area contributed by atoms with Crippen molar-refractivity contribution in [2.24, 2.45) is 0 Å². The smallest absolute Gasteiger partial charge is 0.358 e. The highest BCUT2D eigenvalue weighted by atomic mass is 19.3. The van der Waals surface area contributed by atoms with Crippen LogP contribution < -0.4 is 0 Å². The molecule has 0 saturated carbocycles. The van der Waals surface area contributed by atoms with E-state index in [4.69, 9.17) is 0 Å². The molecule has 14 heavy (non-hydrogen) atoms. The Balaban J connectivity index is 3.34. The number of nitrogens with zero attached hydrogens (tertiary/aromatic N) is 2. The maximum atomic E-state index is 12.8. The first-order valence-electron chi connectivity index (χ1n) is 3.53. The molecular formula is C7H5F3N2O2. The second kappa shape index (κ2) is 3.60. The Kier molecular flexibility index (Phi) is 2.68. The third-order valence-corrected chi connectivity index (χ3v) is 1.57. The van der Waals surface area contributed by atoms with Gasteiger partial charge in [-0.15, -0.1) is 0 Å². The van der Waals surface area contributed by atoms with Crippen LogP contribution in [-0.4, -0.2) is 9.91 Å². The van der Waals surface area contributed by atoms with E-state index in [1.165, 1.54) is 6.92 Å². The Morgan fingerprint density at radius 2 is 2.14 bits per heavy atom. The third-order valence-electron chi connectivity index (χ3n) is 1.57. The molecule has 0 fully saturated rings. The molecule has 0 aliphatic carbocycles. The zero-order chi connectivity index (χ0) is 10.9. The standard InChI is InChI=1S/C7H5F3N2O2/c1-3-2-4(8)7(12(13)14)11-5(3)6(9)10/h2,6H,1H3. The van der Waals surface area contributed by atoms with Gasteiger partial charge in [-0.3, -0.25) is 0 Å². The number of nitro groups is 1. The van der Waals surface area contributed by atoms with Crippen LogP contribution >= 0.6 is 0 Å².